The Balaban J connectivity index is 2.23. The highest BCUT2D eigenvalue weighted by atomic mass is 79.9. The van der Waals surface area contributed by atoms with Crippen LogP contribution in [0.4, 0.5) is 0 Å². The molecule has 0 aliphatic carbocycles. The SMILES string of the molecule is Cc1cc(Oc2ccc(CBr)c(Br)c2)ccc1Cl. The molecule has 0 saturated carbocycles. The van der Waals surface area contributed by atoms with E-state index in [-0.39, 0.29) is 0 Å². The largest absolute Gasteiger partial charge is 0.457 e. The number of halogens is 3. The number of rotatable bonds is 3. The van der Waals surface area contributed by atoms with Gasteiger partial charge in [-0.05, 0) is 48.4 Å². The first-order valence-corrected chi connectivity index (χ1v) is 7.68. The lowest BCUT2D eigenvalue weighted by atomic mass is 10.2. The Bertz CT molecular complexity index is 570. The lowest BCUT2D eigenvalue weighted by Crippen LogP contribution is -1.87. The zero-order valence-electron chi connectivity index (χ0n) is 9.71. The third kappa shape index (κ3) is 3.28. The Morgan fingerprint density at radius 1 is 1.11 bits per heavy atom. The van der Waals surface area contributed by atoms with E-state index in [9.17, 15) is 0 Å². The molecule has 0 heterocycles. The second-order valence-electron chi connectivity index (χ2n) is 3.90. The van der Waals surface area contributed by atoms with Crippen LogP contribution >= 0.6 is 43.5 Å². The van der Waals surface area contributed by atoms with E-state index in [1.54, 1.807) is 0 Å². The average Bonchev–Trinajstić information content (AvgIpc) is 2.34. The van der Waals surface area contributed by atoms with Gasteiger partial charge in [0.25, 0.3) is 0 Å². The zero-order valence-corrected chi connectivity index (χ0v) is 13.6. The fourth-order valence-corrected chi connectivity index (χ4v) is 3.00. The van der Waals surface area contributed by atoms with Crippen LogP contribution < -0.4 is 4.74 Å². The molecular weight excluding hydrogens is 379 g/mol. The molecule has 2 aromatic carbocycles. The minimum Gasteiger partial charge on any atom is -0.457 e. The second-order valence-corrected chi connectivity index (χ2v) is 5.72. The molecule has 2 rings (SSSR count). The van der Waals surface area contributed by atoms with E-state index in [2.05, 4.69) is 31.9 Å². The number of hydrogen-bond acceptors (Lipinski definition) is 1. The van der Waals surface area contributed by atoms with E-state index in [4.69, 9.17) is 16.3 Å². The molecule has 2 aromatic rings. The molecule has 18 heavy (non-hydrogen) atoms. The smallest absolute Gasteiger partial charge is 0.128 e. The average molecular weight is 391 g/mol. The fraction of sp³-hybridized carbons (Fsp3) is 0.143. The molecule has 0 aliphatic rings. The molecule has 4 heteroatoms. The van der Waals surface area contributed by atoms with Gasteiger partial charge in [0.05, 0.1) is 0 Å². The summed E-state index contributed by atoms with van der Waals surface area (Å²) in [6.45, 7) is 1.96. The van der Waals surface area contributed by atoms with Gasteiger partial charge in [-0.25, -0.2) is 0 Å². The van der Waals surface area contributed by atoms with Gasteiger partial charge in [0, 0.05) is 14.8 Å². The summed E-state index contributed by atoms with van der Waals surface area (Å²) in [5.41, 5.74) is 2.19. The third-order valence-electron chi connectivity index (χ3n) is 2.53. The van der Waals surface area contributed by atoms with Crippen LogP contribution in [0.3, 0.4) is 0 Å². The minimum absolute atomic E-state index is 0.748. The highest BCUT2D eigenvalue weighted by Gasteiger charge is 2.03. The number of ether oxygens (including phenoxy) is 1. The van der Waals surface area contributed by atoms with Crippen molar-refractivity contribution in [3.63, 3.8) is 0 Å². The number of alkyl halides is 1. The highest BCUT2D eigenvalue weighted by molar-refractivity contribution is 9.10. The maximum Gasteiger partial charge on any atom is 0.128 e. The molecule has 94 valence electrons. The lowest BCUT2D eigenvalue weighted by Gasteiger charge is -2.09. The van der Waals surface area contributed by atoms with E-state index in [1.165, 1.54) is 5.56 Å². The molecule has 0 radical (unpaired) electrons. The Morgan fingerprint density at radius 3 is 2.39 bits per heavy atom. The maximum atomic E-state index is 5.98. The zero-order chi connectivity index (χ0) is 13.1. The van der Waals surface area contributed by atoms with Crippen molar-refractivity contribution < 1.29 is 4.74 Å². The van der Waals surface area contributed by atoms with Gasteiger partial charge in [-0.2, -0.15) is 0 Å². The summed E-state index contributed by atoms with van der Waals surface area (Å²) in [4.78, 5) is 0. The number of benzene rings is 2. The molecule has 0 bridgehead atoms. The molecule has 0 N–H and O–H groups in total. The van der Waals surface area contributed by atoms with Crippen molar-refractivity contribution >= 4 is 43.5 Å². The van der Waals surface area contributed by atoms with Gasteiger partial charge in [0.15, 0.2) is 0 Å². The predicted molar refractivity (Wildman–Crippen MR) is 83.0 cm³/mol. The van der Waals surface area contributed by atoms with E-state index in [0.29, 0.717) is 0 Å². The Hall–Kier alpha value is -0.510. The fourth-order valence-electron chi connectivity index (χ4n) is 1.52. The lowest BCUT2D eigenvalue weighted by molar-refractivity contribution is 0.482. The minimum atomic E-state index is 0.748. The van der Waals surface area contributed by atoms with Gasteiger partial charge in [0.1, 0.15) is 11.5 Å². The van der Waals surface area contributed by atoms with Gasteiger partial charge in [-0.1, -0.05) is 49.5 Å². The summed E-state index contributed by atoms with van der Waals surface area (Å²) in [7, 11) is 0. The standard InChI is InChI=1S/C14H11Br2ClO/c1-9-6-11(4-5-14(9)17)18-12-3-2-10(8-15)13(16)7-12/h2-7H,8H2,1H3. The van der Waals surface area contributed by atoms with Crippen LogP contribution in [0, 0.1) is 6.92 Å². The van der Waals surface area contributed by atoms with Crippen molar-refractivity contribution in [1.82, 2.24) is 0 Å². The molecule has 0 atom stereocenters. The van der Waals surface area contributed by atoms with Crippen LogP contribution in [-0.2, 0) is 5.33 Å². The highest BCUT2D eigenvalue weighted by Crippen LogP contribution is 2.29. The van der Waals surface area contributed by atoms with Crippen molar-refractivity contribution in [2.45, 2.75) is 12.3 Å². The van der Waals surface area contributed by atoms with Crippen LogP contribution in [0.1, 0.15) is 11.1 Å². The van der Waals surface area contributed by atoms with E-state index in [1.807, 2.05) is 43.3 Å². The van der Waals surface area contributed by atoms with Gasteiger partial charge >= 0.3 is 0 Å². The molecule has 1 nitrogen and oxygen atoms in total. The number of hydrogen-bond donors (Lipinski definition) is 0. The Morgan fingerprint density at radius 2 is 1.78 bits per heavy atom. The van der Waals surface area contributed by atoms with Crippen LogP contribution in [0.25, 0.3) is 0 Å². The van der Waals surface area contributed by atoms with E-state index < -0.39 is 0 Å². The van der Waals surface area contributed by atoms with Crippen LogP contribution in [0.5, 0.6) is 11.5 Å². The van der Waals surface area contributed by atoms with E-state index >= 15 is 0 Å². The third-order valence-corrected chi connectivity index (χ3v) is 4.30. The van der Waals surface area contributed by atoms with Crippen molar-refractivity contribution in [1.29, 1.82) is 0 Å². The molecular formula is C14H11Br2ClO. The predicted octanol–water partition coefficient (Wildman–Crippen LogP) is 6.10. The number of aryl methyl sites for hydroxylation is 1. The molecule has 0 fully saturated rings. The van der Waals surface area contributed by atoms with Crippen molar-refractivity contribution in [3.05, 3.63) is 57.0 Å². The monoisotopic (exact) mass is 388 g/mol. The van der Waals surface area contributed by atoms with Crippen LogP contribution in [-0.4, -0.2) is 0 Å². The van der Waals surface area contributed by atoms with E-state index in [0.717, 1.165) is 31.9 Å². The molecule has 0 unspecified atom stereocenters. The van der Waals surface area contributed by atoms with Gasteiger partial charge in [-0.3, -0.25) is 0 Å². The van der Waals surface area contributed by atoms with Gasteiger partial charge < -0.3 is 4.74 Å². The summed E-state index contributed by atoms with van der Waals surface area (Å²) >= 11 is 12.9. The molecule has 0 aliphatic heterocycles. The molecule has 0 saturated heterocycles. The van der Waals surface area contributed by atoms with Gasteiger partial charge in [0.2, 0.25) is 0 Å². The topological polar surface area (TPSA) is 9.23 Å². The van der Waals surface area contributed by atoms with Crippen molar-refractivity contribution in [2.24, 2.45) is 0 Å². The summed E-state index contributed by atoms with van der Waals surface area (Å²) in [5.74, 6) is 1.59. The van der Waals surface area contributed by atoms with Gasteiger partial charge in [-0.15, -0.1) is 0 Å². The summed E-state index contributed by atoms with van der Waals surface area (Å²) in [5, 5.41) is 1.56. The van der Waals surface area contributed by atoms with Crippen molar-refractivity contribution in [3.8, 4) is 11.5 Å². The van der Waals surface area contributed by atoms with Crippen LogP contribution in [0.15, 0.2) is 40.9 Å². The van der Waals surface area contributed by atoms with Crippen molar-refractivity contribution in [2.75, 3.05) is 0 Å². The Kier molecular flexibility index (Phi) is 4.71. The molecule has 0 spiro atoms. The molecule has 0 aromatic heterocycles. The first kappa shape index (κ1) is 13.9. The summed E-state index contributed by atoms with van der Waals surface area (Å²) in [6.07, 6.45) is 0. The first-order valence-electron chi connectivity index (χ1n) is 5.38. The normalized spacial score (nSPS) is 10.4. The molecule has 0 amide bonds. The Labute approximate surface area is 128 Å². The summed E-state index contributed by atoms with van der Waals surface area (Å²) in [6, 6.07) is 11.6. The first-order chi connectivity index (χ1) is 8.60. The maximum absolute atomic E-state index is 5.98. The summed E-state index contributed by atoms with van der Waals surface area (Å²) < 4.78 is 6.82. The second kappa shape index (κ2) is 6.09. The van der Waals surface area contributed by atoms with Crippen LogP contribution in [0.2, 0.25) is 5.02 Å². The quantitative estimate of drug-likeness (QED) is 0.576.